The van der Waals surface area contributed by atoms with Gasteiger partial charge in [0.2, 0.25) is 10.0 Å². The van der Waals surface area contributed by atoms with E-state index in [1.165, 1.54) is 7.05 Å². The van der Waals surface area contributed by atoms with Gasteiger partial charge in [0.1, 0.15) is 0 Å². The van der Waals surface area contributed by atoms with Crippen LogP contribution in [0.15, 0.2) is 47.4 Å². The maximum Gasteiger partial charge on any atom is 0.279 e. The molecule has 1 N–H and O–H groups in total. The average molecular weight is 437 g/mol. The molecule has 0 saturated heterocycles. The zero-order valence-electron chi connectivity index (χ0n) is 17.6. The second kappa shape index (κ2) is 7.32. The lowest BCUT2D eigenvalue weighted by Crippen LogP contribution is -2.30. The Morgan fingerprint density at radius 2 is 1.87 bits per heavy atom. The first-order valence-electron chi connectivity index (χ1n) is 10.5. The monoisotopic (exact) mass is 436 g/mol. The highest BCUT2D eigenvalue weighted by Crippen LogP contribution is 2.34. The number of nitrogens with zero attached hydrogens (tertiary/aromatic N) is 3. The van der Waals surface area contributed by atoms with Gasteiger partial charge in [-0.15, -0.1) is 0 Å². The summed E-state index contributed by atoms with van der Waals surface area (Å²) in [6.45, 7) is 2.57. The van der Waals surface area contributed by atoms with Crippen LogP contribution in [0, 0.1) is 6.92 Å². The van der Waals surface area contributed by atoms with Crippen molar-refractivity contribution in [3.05, 3.63) is 70.5 Å². The van der Waals surface area contributed by atoms with Crippen molar-refractivity contribution in [3.8, 4) is 5.69 Å². The average Bonchev–Trinajstić information content (AvgIpc) is 3.48. The van der Waals surface area contributed by atoms with E-state index in [0.717, 1.165) is 53.0 Å². The molecular formula is C23H24N4O3S. The fourth-order valence-corrected chi connectivity index (χ4v) is 5.39. The molecule has 0 bridgehead atoms. The van der Waals surface area contributed by atoms with E-state index in [2.05, 4.69) is 4.72 Å². The lowest BCUT2D eigenvalue weighted by molar-refractivity contribution is 0.0983. The Kier molecular flexibility index (Phi) is 4.71. The highest BCUT2D eigenvalue weighted by atomic mass is 32.2. The Morgan fingerprint density at radius 1 is 1.06 bits per heavy atom. The molecule has 1 aliphatic heterocycles. The molecule has 0 radical (unpaired) electrons. The number of hydrogen-bond donors (Lipinski definition) is 1. The number of aromatic nitrogens is 2. The van der Waals surface area contributed by atoms with Gasteiger partial charge in [0.15, 0.2) is 5.69 Å². The van der Waals surface area contributed by atoms with Crippen LogP contribution in [0.1, 0.15) is 39.3 Å². The van der Waals surface area contributed by atoms with Crippen LogP contribution in [0.25, 0.3) is 5.69 Å². The van der Waals surface area contributed by atoms with E-state index in [1.807, 2.05) is 35.9 Å². The number of amides is 1. The maximum absolute atomic E-state index is 13.6. The highest BCUT2D eigenvalue weighted by molar-refractivity contribution is 7.89. The summed E-state index contributed by atoms with van der Waals surface area (Å²) in [5.41, 5.74) is 6.41. The van der Waals surface area contributed by atoms with E-state index >= 15 is 0 Å². The smallest absolute Gasteiger partial charge is 0.279 e. The van der Waals surface area contributed by atoms with Crippen molar-refractivity contribution >= 4 is 21.6 Å². The minimum atomic E-state index is -3.52. The van der Waals surface area contributed by atoms with Gasteiger partial charge in [-0.2, -0.15) is 5.10 Å². The van der Waals surface area contributed by atoms with Crippen LogP contribution < -0.4 is 9.62 Å². The van der Waals surface area contributed by atoms with Crippen molar-refractivity contribution in [1.29, 1.82) is 0 Å². The molecule has 8 heteroatoms. The molecule has 5 rings (SSSR count). The molecule has 3 aromatic rings. The van der Waals surface area contributed by atoms with Gasteiger partial charge >= 0.3 is 0 Å². The van der Waals surface area contributed by atoms with Gasteiger partial charge in [-0.1, -0.05) is 18.2 Å². The molecule has 0 unspecified atom stereocenters. The van der Waals surface area contributed by atoms with E-state index in [0.29, 0.717) is 18.7 Å². The van der Waals surface area contributed by atoms with E-state index in [1.54, 1.807) is 23.1 Å². The highest BCUT2D eigenvalue weighted by Gasteiger charge is 2.33. The minimum Gasteiger partial charge on any atom is -0.306 e. The molecule has 31 heavy (non-hydrogen) atoms. The van der Waals surface area contributed by atoms with Crippen LogP contribution in [0.5, 0.6) is 0 Å². The van der Waals surface area contributed by atoms with E-state index in [-0.39, 0.29) is 10.8 Å². The SMILES string of the molecule is CNS(=O)(=O)c1ccc2c(c1)CCN2C(=O)c1nn(-c2ccccc2C)c2c1CCC2. The third-order valence-electron chi connectivity index (χ3n) is 6.25. The number of benzene rings is 2. The molecule has 1 aliphatic carbocycles. The number of hydrogen-bond acceptors (Lipinski definition) is 4. The normalized spacial score (nSPS) is 15.2. The van der Waals surface area contributed by atoms with Crippen LogP contribution in [-0.2, 0) is 29.3 Å². The van der Waals surface area contributed by atoms with Gasteiger partial charge in [-0.3, -0.25) is 4.79 Å². The summed E-state index contributed by atoms with van der Waals surface area (Å²) < 4.78 is 28.5. The van der Waals surface area contributed by atoms with Crippen molar-refractivity contribution in [2.45, 2.75) is 37.5 Å². The number of aryl methyl sites for hydroxylation is 1. The fourth-order valence-electron chi connectivity index (χ4n) is 4.61. The summed E-state index contributed by atoms with van der Waals surface area (Å²) >= 11 is 0. The number of para-hydroxylation sites is 1. The first kappa shape index (κ1) is 20.0. The van der Waals surface area contributed by atoms with Gasteiger partial charge in [-0.05, 0) is 75.0 Å². The Labute approximate surface area is 181 Å². The fraction of sp³-hybridized carbons (Fsp3) is 0.304. The molecule has 1 amide bonds. The predicted octanol–water partition coefficient (Wildman–Crippen LogP) is 2.78. The largest absolute Gasteiger partial charge is 0.306 e. The Hall–Kier alpha value is -2.97. The topological polar surface area (TPSA) is 84.3 Å². The maximum atomic E-state index is 13.6. The second-order valence-corrected chi connectivity index (χ2v) is 9.92. The number of nitrogens with one attached hydrogen (secondary N) is 1. The lowest BCUT2D eigenvalue weighted by Gasteiger charge is -2.17. The summed E-state index contributed by atoms with van der Waals surface area (Å²) in [7, 11) is -2.13. The molecule has 2 heterocycles. The predicted molar refractivity (Wildman–Crippen MR) is 118 cm³/mol. The summed E-state index contributed by atoms with van der Waals surface area (Å²) in [6.07, 6.45) is 3.39. The van der Waals surface area contributed by atoms with Crippen molar-refractivity contribution in [2.75, 3.05) is 18.5 Å². The summed E-state index contributed by atoms with van der Waals surface area (Å²) in [5, 5.41) is 4.77. The summed E-state index contributed by atoms with van der Waals surface area (Å²) in [6, 6.07) is 13.0. The molecule has 2 aromatic carbocycles. The van der Waals surface area contributed by atoms with E-state index < -0.39 is 10.0 Å². The Bertz CT molecular complexity index is 1310. The summed E-state index contributed by atoms with van der Waals surface area (Å²) in [5.74, 6) is -0.117. The van der Waals surface area contributed by atoms with Gasteiger partial charge in [-0.25, -0.2) is 17.8 Å². The number of carbonyl (C=O) groups excluding carboxylic acids is 1. The van der Waals surface area contributed by atoms with Gasteiger partial charge in [0.05, 0.1) is 10.6 Å². The van der Waals surface area contributed by atoms with Gasteiger partial charge < -0.3 is 4.90 Å². The standard InChI is InChI=1S/C23H24N4O3S/c1-15-6-3-4-8-19(15)27-21-9-5-7-18(21)22(25-27)23(28)26-13-12-16-14-17(10-11-20(16)26)31(29,30)24-2/h3-4,6,8,10-11,14,24H,5,7,9,12-13H2,1-2H3. The van der Waals surface area contributed by atoms with Crippen molar-refractivity contribution in [1.82, 2.24) is 14.5 Å². The molecule has 2 aliphatic rings. The molecule has 160 valence electrons. The first-order chi connectivity index (χ1) is 14.9. The zero-order valence-corrected chi connectivity index (χ0v) is 18.4. The number of anilines is 1. The Balaban J connectivity index is 1.54. The van der Waals surface area contributed by atoms with E-state index in [9.17, 15) is 13.2 Å². The van der Waals surface area contributed by atoms with Crippen LogP contribution in [0.2, 0.25) is 0 Å². The number of fused-ring (bicyclic) bond motifs is 2. The van der Waals surface area contributed by atoms with Crippen LogP contribution in [0.4, 0.5) is 5.69 Å². The molecule has 7 nitrogen and oxygen atoms in total. The lowest BCUT2D eigenvalue weighted by atomic mass is 10.1. The Morgan fingerprint density at radius 3 is 2.65 bits per heavy atom. The van der Waals surface area contributed by atoms with Gasteiger partial charge in [0.25, 0.3) is 5.91 Å². The van der Waals surface area contributed by atoms with Crippen LogP contribution >= 0.6 is 0 Å². The molecular weight excluding hydrogens is 412 g/mol. The third-order valence-corrected chi connectivity index (χ3v) is 7.66. The number of sulfonamides is 1. The van der Waals surface area contributed by atoms with Crippen molar-refractivity contribution < 1.29 is 13.2 Å². The molecule has 0 saturated carbocycles. The zero-order chi connectivity index (χ0) is 21.8. The van der Waals surface area contributed by atoms with E-state index in [4.69, 9.17) is 5.10 Å². The van der Waals surface area contributed by atoms with Crippen molar-refractivity contribution in [2.24, 2.45) is 0 Å². The first-order valence-corrected chi connectivity index (χ1v) is 11.9. The molecule has 0 atom stereocenters. The number of carbonyl (C=O) groups is 1. The minimum absolute atomic E-state index is 0.117. The quantitative estimate of drug-likeness (QED) is 0.682. The summed E-state index contributed by atoms with van der Waals surface area (Å²) in [4.78, 5) is 15.5. The second-order valence-electron chi connectivity index (χ2n) is 8.03. The molecule has 0 spiro atoms. The molecule has 1 aromatic heterocycles. The van der Waals surface area contributed by atoms with Gasteiger partial charge in [0, 0.05) is 23.5 Å². The third kappa shape index (κ3) is 3.18. The van der Waals surface area contributed by atoms with Crippen LogP contribution in [-0.4, -0.2) is 37.7 Å². The molecule has 0 fully saturated rings. The van der Waals surface area contributed by atoms with Crippen molar-refractivity contribution in [3.63, 3.8) is 0 Å². The number of rotatable bonds is 4. The van der Waals surface area contributed by atoms with Crippen LogP contribution in [0.3, 0.4) is 0 Å².